The van der Waals surface area contributed by atoms with Crippen LogP contribution in [0.2, 0.25) is 0 Å². The summed E-state index contributed by atoms with van der Waals surface area (Å²) < 4.78 is 10.6. The van der Waals surface area contributed by atoms with Crippen molar-refractivity contribution in [2.75, 3.05) is 26.4 Å². The molecule has 0 aromatic carbocycles. The van der Waals surface area contributed by atoms with Gasteiger partial charge in [-0.3, -0.25) is 14.4 Å². The van der Waals surface area contributed by atoms with Crippen LogP contribution in [0.4, 0.5) is 4.79 Å². The van der Waals surface area contributed by atoms with Crippen LogP contribution in [0.3, 0.4) is 0 Å². The average molecular weight is 428 g/mol. The number of alkyl carbamates (subject to hydrolysis) is 1. The van der Waals surface area contributed by atoms with E-state index in [1.165, 1.54) is 0 Å². The van der Waals surface area contributed by atoms with E-state index >= 15 is 0 Å². The lowest BCUT2D eigenvalue weighted by atomic mass is 9.99. The molecule has 0 aromatic heterocycles. The van der Waals surface area contributed by atoms with Gasteiger partial charge in [-0.05, 0) is 24.2 Å². The summed E-state index contributed by atoms with van der Waals surface area (Å²) in [7, 11) is 0. The summed E-state index contributed by atoms with van der Waals surface area (Å²) >= 11 is 0. The zero-order valence-electron chi connectivity index (χ0n) is 18.8. The first-order chi connectivity index (χ1) is 14.0. The van der Waals surface area contributed by atoms with Crippen LogP contribution in [0.15, 0.2) is 0 Å². The highest BCUT2D eigenvalue weighted by Gasteiger charge is 2.31. The number of nitrogens with one attached hydrogen (secondary N) is 3. The lowest BCUT2D eigenvalue weighted by Gasteiger charge is -2.25. The number of hydrogen-bond acceptors (Lipinski definition) is 6. The summed E-state index contributed by atoms with van der Waals surface area (Å²) in [4.78, 5) is 49.6. The Labute approximate surface area is 179 Å². The minimum absolute atomic E-state index is 0.203. The van der Waals surface area contributed by atoms with Gasteiger partial charge in [-0.15, -0.1) is 0 Å². The van der Waals surface area contributed by atoms with E-state index in [4.69, 9.17) is 9.47 Å². The van der Waals surface area contributed by atoms with Gasteiger partial charge in [0, 0.05) is 13.2 Å². The van der Waals surface area contributed by atoms with Crippen LogP contribution in [0.5, 0.6) is 0 Å². The van der Waals surface area contributed by atoms with E-state index in [1.54, 1.807) is 13.8 Å². The lowest BCUT2D eigenvalue weighted by molar-refractivity contribution is -0.140. The van der Waals surface area contributed by atoms with Crippen LogP contribution in [-0.4, -0.2) is 62.1 Å². The van der Waals surface area contributed by atoms with Crippen LogP contribution >= 0.6 is 0 Å². The molecule has 1 aliphatic rings. The van der Waals surface area contributed by atoms with Gasteiger partial charge in [-0.1, -0.05) is 47.5 Å². The molecule has 172 valence electrons. The lowest BCUT2D eigenvalue weighted by Crippen LogP contribution is -2.55. The highest BCUT2D eigenvalue weighted by molar-refractivity contribution is 6.38. The molecule has 9 heteroatoms. The Morgan fingerprint density at radius 3 is 2.50 bits per heavy atom. The fourth-order valence-corrected chi connectivity index (χ4v) is 2.83. The third kappa shape index (κ3) is 10.0. The van der Waals surface area contributed by atoms with E-state index in [9.17, 15) is 19.2 Å². The molecule has 0 aromatic rings. The summed E-state index contributed by atoms with van der Waals surface area (Å²) in [6, 6.07) is -1.82. The first-order valence-corrected chi connectivity index (χ1v) is 10.6. The van der Waals surface area contributed by atoms with Crippen molar-refractivity contribution in [3.63, 3.8) is 0 Å². The van der Waals surface area contributed by atoms with E-state index in [-0.39, 0.29) is 24.5 Å². The second-order valence-electron chi connectivity index (χ2n) is 9.15. The highest BCUT2D eigenvalue weighted by Crippen LogP contribution is 2.13. The van der Waals surface area contributed by atoms with Crippen molar-refractivity contribution in [2.45, 2.75) is 72.4 Å². The quantitative estimate of drug-likeness (QED) is 0.572. The first-order valence-electron chi connectivity index (χ1n) is 10.6. The topological polar surface area (TPSA) is 123 Å². The van der Waals surface area contributed by atoms with Gasteiger partial charge in [0.1, 0.15) is 6.04 Å². The van der Waals surface area contributed by atoms with E-state index in [0.29, 0.717) is 26.1 Å². The Hall–Kier alpha value is -2.16. The van der Waals surface area contributed by atoms with E-state index < -0.39 is 35.8 Å². The Balaban J connectivity index is 2.78. The minimum atomic E-state index is -0.938. The number of amides is 3. The predicted octanol–water partition coefficient (Wildman–Crippen LogP) is 1.54. The molecule has 1 saturated heterocycles. The average Bonchev–Trinajstić information content (AvgIpc) is 2.65. The van der Waals surface area contributed by atoms with E-state index in [0.717, 1.165) is 12.8 Å². The molecule has 1 heterocycles. The van der Waals surface area contributed by atoms with Gasteiger partial charge in [0.05, 0.1) is 19.3 Å². The second-order valence-corrected chi connectivity index (χ2v) is 9.15. The van der Waals surface area contributed by atoms with Crippen molar-refractivity contribution in [2.24, 2.45) is 11.3 Å². The summed E-state index contributed by atoms with van der Waals surface area (Å²) in [5.74, 6) is -2.19. The van der Waals surface area contributed by atoms with Crippen molar-refractivity contribution in [3.05, 3.63) is 0 Å². The van der Waals surface area contributed by atoms with Crippen molar-refractivity contribution < 1.29 is 28.7 Å². The van der Waals surface area contributed by atoms with Crippen LogP contribution in [0.1, 0.15) is 60.3 Å². The van der Waals surface area contributed by atoms with Crippen LogP contribution in [-0.2, 0) is 23.9 Å². The molecule has 9 nitrogen and oxygen atoms in total. The van der Waals surface area contributed by atoms with Crippen molar-refractivity contribution >= 4 is 23.7 Å². The third-order valence-corrected chi connectivity index (χ3v) is 4.53. The maximum Gasteiger partial charge on any atom is 0.407 e. The first kappa shape index (κ1) is 25.9. The molecule has 2 atom stereocenters. The van der Waals surface area contributed by atoms with Gasteiger partial charge in [-0.2, -0.15) is 0 Å². The Morgan fingerprint density at radius 2 is 1.87 bits per heavy atom. The molecular formula is C21H37N3O6. The Morgan fingerprint density at radius 1 is 1.17 bits per heavy atom. The smallest absolute Gasteiger partial charge is 0.407 e. The largest absolute Gasteiger partial charge is 0.449 e. The van der Waals surface area contributed by atoms with Gasteiger partial charge < -0.3 is 25.4 Å². The molecule has 2 unspecified atom stereocenters. The van der Waals surface area contributed by atoms with Gasteiger partial charge in [0.25, 0.3) is 5.91 Å². The number of carbonyl (C=O) groups excluding carboxylic acids is 4. The summed E-state index contributed by atoms with van der Waals surface area (Å²) in [6.07, 6.45) is 1.99. The van der Waals surface area contributed by atoms with Gasteiger partial charge in [0.15, 0.2) is 0 Å². The van der Waals surface area contributed by atoms with Crippen LogP contribution in [0, 0.1) is 11.3 Å². The number of carbonyl (C=O) groups is 4. The standard InChI is InChI=1S/C21H37N3O6/c1-14(2)16(24-20(28)30-13-21(3,4)5)18(26)23-15-9-7-6-8-11-29-12-10-22-19(27)17(15)25/h14-16H,6-13H2,1-5H3,(H,22,27)(H,23,26)(H,24,28). The zero-order valence-corrected chi connectivity index (χ0v) is 18.8. The molecular weight excluding hydrogens is 390 g/mol. The second kappa shape index (κ2) is 12.5. The number of ether oxygens (including phenoxy) is 2. The van der Waals surface area contributed by atoms with Crippen molar-refractivity contribution in [1.82, 2.24) is 16.0 Å². The summed E-state index contributed by atoms with van der Waals surface area (Å²) in [5, 5.41) is 7.74. The number of rotatable bonds is 5. The Kier molecular flexibility index (Phi) is 10.8. The summed E-state index contributed by atoms with van der Waals surface area (Å²) in [6.45, 7) is 10.7. The maximum atomic E-state index is 12.8. The fourth-order valence-electron chi connectivity index (χ4n) is 2.83. The van der Waals surface area contributed by atoms with Crippen LogP contribution < -0.4 is 16.0 Å². The van der Waals surface area contributed by atoms with E-state index in [2.05, 4.69) is 16.0 Å². The molecule has 0 saturated carbocycles. The highest BCUT2D eigenvalue weighted by atomic mass is 16.5. The molecule has 3 amide bonds. The minimum Gasteiger partial charge on any atom is -0.449 e. The number of ketones is 1. The number of Topliss-reactive ketones (excluding diaryl/α,β-unsaturated/α-hetero) is 1. The van der Waals surface area contributed by atoms with Gasteiger partial charge in [0.2, 0.25) is 11.7 Å². The monoisotopic (exact) mass is 427 g/mol. The fraction of sp³-hybridized carbons (Fsp3) is 0.810. The van der Waals surface area contributed by atoms with Crippen molar-refractivity contribution in [1.29, 1.82) is 0 Å². The van der Waals surface area contributed by atoms with Crippen molar-refractivity contribution in [3.8, 4) is 0 Å². The molecule has 0 bridgehead atoms. The SMILES string of the molecule is CC(C)C(NC(=O)OCC(C)(C)C)C(=O)NC1CCCCCOCCNC(=O)C1=O. The molecule has 0 spiro atoms. The molecule has 1 fully saturated rings. The predicted molar refractivity (Wildman–Crippen MR) is 112 cm³/mol. The molecule has 3 N–H and O–H groups in total. The van der Waals surface area contributed by atoms with Gasteiger partial charge in [-0.25, -0.2) is 4.79 Å². The maximum absolute atomic E-state index is 12.8. The van der Waals surface area contributed by atoms with Gasteiger partial charge >= 0.3 is 6.09 Å². The van der Waals surface area contributed by atoms with E-state index in [1.807, 2.05) is 20.8 Å². The Bertz CT molecular complexity index is 600. The molecule has 1 aliphatic heterocycles. The number of hydrogen-bond donors (Lipinski definition) is 3. The molecule has 1 rings (SSSR count). The summed E-state index contributed by atoms with van der Waals surface area (Å²) in [5.41, 5.74) is -0.203. The zero-order chi connectivity index (χ0) is 22.7. The molecule has 30 heavy (non-hydrogen) atoms. The molecule has 0 aliphatic carbocycles. The molecule has 0 radical (unpaired) electrons. The van der Waals surface area contributed by atoms with Crippen LogP contribution in [0.25, 0.3) is 0 Å². The third-order valence-electron chi connectivity index (χ3n) is 4.53. The normalized spacial score (nSPS) is 20.4.